The van der Waals surface area contributed by atoms with Gasteiger partial charge in [-0.25, -0.2) is 0 Å². The molecule has 0 aliphatic heterocycles. The fourth-order valence-electron chi connectivity index (χ4n) is 4.84. The lowest BCUT2D eigenvalue weighted by molar-refractivity contribution is -0.0323. The van der Waals surface area contributed by atoms with Crippen LogP contribution < -0.4 is 10.4 Å². The van der Waals surface area contributed by atoms with Gasteiger partial charge in [0.1, 0.15) is 0 Å². The van der Waals surface area contributed by atoms with Crippen molar-refractivity contribution in [3.63, 3.8) is 0 Å². The first-order valence-corrected chi connectivity index (χ1v) is 12.8. The summed E-state index contributed by atoms with van der Waals surface area (Å²) in [6, 6.07) is 21.5. The van der Waals surface area contributed by atoms with Crippen LogP contribution in [0.25, 0.3) is 0 Å². The SMILES string of the molecule is CC(C)(C)[Si](OCC1CCC(O)(CCO)CC1)(c1ccccc1)c1ccccc1. The van der Waals surface area contributed by atoms with E-state index in [0.29, 0.717) is 12.3 Å². The van der Waals surface area contributed by atoms with E-state index in [9.17, 15) is 10.2 Å². The van der Waals surface area contributed by atoms with E-state index < -0.39 is 13.9 Å². The van der Waals surface area contributed by atoms with Crippen molar-refractivity contribution < 1.29 is 14.6 Å². The lowest BCUT2D eigenvalue weighted by Crippen LogP contribution is -2.67. The molecule has 0 radical (unpaired) electrons. The molecule has 0 bridgehead atoms. The number of hydrogen-bond acceptors (Lipinski definition) is 3. The predicted molar refractivity (Wildman–Crippen MR) is 122 cm³/mol. The van der Waals surface area contributed by atoms with E-state index in [4.69, 9.17) is 4.43 Å². The second kappa shape index (κ2) is 9.13. The van der Waals surface area contributed by atoms with E-state index in [2.05, 4.69) is 81.4 Å². The van der Waals surface area contributed by atoms with Gasteiger partial charge < -0.3 is 14.6 Å². The third kappa shape index (κ3) is 4.83. The second-order valence-electron chi connectivity index (χ2n) is 9.62. The highest BCUT2D eigenvalue weighted by atomic mass is 28.4. The molecule has 2 aromatic rings. The molecule has 0 aromatic heterocycles. The van der Waals surface area contributed by atoms with E-state index in [1.807, 2.05) is 0 Å². The minimum atomic E-state index is -2.49. The molecule has 29 heavy (non-hydrogen) atoms. The Morgan fingerprint density at radius 2 is 1.41 bits per heavy atom. The highest BCUT2D eigenvalue weighted by Crippen LogP contribution is 2.39. The Hall–Kier alpha value is -1.46. The van der Waals surface area contributed by atoms with E-state index in [1.165, 1.54) is 10.4 Å². The number of aliphatic hydroxyl groups is 2. The van der Waals surface area contributed by atoms with Gasteiger partial charge in [0.25, 0.3) is 8.32 Å². The van der Waals surface area contributed by atoms with Gasteiger partial charge >= 0.3 is 0 Å². The van der Waals surface area contributed by atoms with Crippen LogP contribution in [-0.4, -0.2) is 37.3 Å². The quantitative estimate of drug-likeness (QED) is 0.679. The maximum atomic E-state index is 10.6. The molecule has 1 aliphatic carbocycles. The molecule has 1 saturated carbocycles. The van der Waals surface area contributed by atoms with Crippen molar-refractivity contribution in [2.45, 2.75) is 63.5 Å². The molecule has 1 fully saturated rings. The molecule has 0 atom stereocenters. The number of benzene rings is 2. The van der Waals surface area contributed by atoms with Gasteiger partial charge in [-0.05, 0) is 53.4 Å². The van der Waals surface area contributed by atoms with Gasteiger partial charge in [0, 0.05) is 13.2 Å². The van der Waals surface area contributed by atoms with Crippen LogP contribution in [0.2, 0.25) is 5.04 Å². The zero-order valence-electron chi connectivity index (χ0n) is 18.1. The van der Waals surface area contributed by atoms with Crippen molar-refractivity contribution in [2.24, 2.45) is 5.92 Å². The van der Waals surface area contributed by atoms with Crippen molar-refractivity contribution >= 4 is 18.7 Å². The van der Waals surface area contributed by atoms with E-state index in [-0.39, 0.29) is 11.6 Å². The zero-order chi connectivity index (χ0) is 21.0. The summed E-state index contributed by atoms with van der Waals surface area (Å²) in [4.78, 5) is 0. The summed E-state index contributed by atoms with van der Waals surface area (Å²) < 4.78 is 7.04. The largest absolute Gasteiger partial charge is 0.407 e. The summed E-state index contributed by atoms with van der Waals surface area (Å²) in [7, 11) is -2.49. The summed E-state index contributed by atoms with van der Waals surface area (Å²) in [5.41, 5.74) is -0.692. The molecular weight excluding hydrogens is 376 g/mol. The minimum Gasteiger partial charge on any atom is -0.407 e. The fraction of sp³-hybridized carbons (Fsp3) is 0.520. The lowest BCUT2D eigenvalue weighted by Gasteiger charge is -2.44. The molecule has 2 N–H and O–H groups in total. The van der Waals surface area contributed by atoms with Crippen LogP contribution in [0.1, 0.15) is 52.9 Å². The Morgan fingerprint density at radius 1 is 0.931 bits per heavy atom. The highest BCUT2D eigenvalue weighted by molar-refractivity contribution is 6.99. The molecule has 158 valence electrons. The van der Waals surface area contributed by atoms with Crippen molar-refractivity contribution in [3.8, 4) is 0 Å². The molecule has 0 amide bonds. The van der Waals surface area contributed by atoms with Gasteiger partial charge in [0.05, 0.1) is 5.60 Å². The average Bonchev–Trinajstić information content (AvgIpc) is 2.71. The third-order valence-corrected chi connectivity index (χ3v) is 11.6. The molecule has 4 heteroatoms. The first-order chi connectivity index (χ1) is 13.8. The summed E-state index contributed by atoms with van der Waals surface area (Å²) in [6.07, 6.45) is 3.89. The van der Waals surface area contributed by atoms with Crippen LogP contribution in [0.15, 0.2) is 60.7 Å². The predicted octanol–water partition coefficient (Wildman–Crippen LogP) is 3.87. The Labute approximate surface area is 176 Å². The van der Waals surface area contributed by atoms with Gasteiger partial charge in [-0.15, -0.1) is 0 Å². The number of rotatable bonds is 7. The molecule has 0 spiro atoms. The first-order valence-electron chi connectivity index (χ1n) is 10.9. The monoisotopic (exact) mass is 412 g/mol. The molecule has 2 aromatic carbocycles. The molecule has 0 heterocycles. The number of hydrogen-bond donors (Lipinski definition) is 2. The van der Waals surface area contributed by atoms with Crippen molar-refractivity contribution in [1.82, 2.24) is 0 Å². The minimum absolute atomic E-state index is 0.0119. The lowest BCUT2D eigenvalue weighted by atomic mass is 9.77. The summed E-state index contributed by atoms with van der Waals surface area (Å²) in [5, 5.41) is 22.4. The van der Waals surface area contributed by atoms with Crippen molar-refractivity contribution in [1.29, 1.82) is 0 Å². The van der Waals surface area contributed by atoms with E-state index in [0.717, 1.165) is 32.3 Å². The maximum absolute atomic E-state index is 10.6. The Balaban J connectivity index is 1.87. The molecule has 0 unspecified atom stereocenters. The smallest absolute Gasteiger partial charge is 0.261 e. The normalized spacial score (nSPS) is 23.1. The molecule has 3 nitrogen and oxygen atoms in total. The van der Waals surface area contributed by atoms with Crippen LogP contribution in [0.4, 0.5) is 0 Å². The van der Waals surface area contributed by atoms with E-state index in [1.54, 1.807) is 0 Å². The summed E-state index contributed by atoms with van der Waals surface area (Å²) in [6.45, 7) is 7.70. The Morgan fingerprint density at radius 3 is 1.83 bits per heavy atom. The van der Waals surface area contributed by atoms with Gasteiger partial charge in [-0.3, -0.25) is 0 Å². The zero-order valence-corrected chi connectivity index (χ0v) is 19.1. The van der Waals surface area contributed by atoms with Crippen LogP contribution in [0, 0.1) is 5.92 Å². The van der Waals surface area contributed by atoms with Crippen molar-refractivity contribution in [2.75, 3.05) is 13.2 Å². The van der Waals surface area contributed by atoms with Crippen LogP contribution in [-0.2, 0) is 4.43 Å². The van der Waals surface area contributed by atoms with Gasteiger partial charge in [0.15, 0.2) is 0 Å². The molecule has 3 rings (SSSR count). The fourth-order valence-corrected chi connectivity index (χ4v) is 9.49. The molecule has 0 saturated heterocycles. The molecule has 1 aliphatic rings. The average molecular weight is 413 g/mol. The summed E-state index contributed by atoms with van der Waals surface area (Å²) in [5.74, 6) is 0.454. The Kier molecular flexibility index (Phi) is 7.00. The highest BCUT2D eigenvalue weighted by Gasteiger charge is 2.50. The first kappa shape index (κ1) is 22.2. The van der Waals surface area contributed by atoms with Crippen molar-refractivity contribution in [3.05, 3.63) is 60.7 Å². The standard InChI is InChI=1S/C25H36O3Si/c1-24(2,3)29(22-10-6-4-7-11-22,23-12-8-5-9-13-23)28-20-21-14-16-25(27,17-15-21)18-19-26/h4-13,21,26-27H,14-20H2,1-3H3. The topological polar surface area (TPSA) is 49.7 Å². The van der Waals surface area contributed by atoms with Crippen LogP contribution >= 0.6 is 0 Å². The summed E-state index contributed by atoms with van der Waals surface area (Å²) >= 11 is 0. The second-order valence-corrected chi connectivity index (χ2v) is 13.9. The third-order valence-electron chi connectivity index (χ3n) is 6.57. The van der Waals surface area contributed by atoms with Crippen LogP contribution in [0.5, 0.6) is 0 Å². The Bertz CT molecular complexity index is 707. The van der Waals surface area contributed by atoms with Gasteiger partial charge in [0.2, 0.25) is 0 Å². The van der Waals surface area contributed by atoms with Gasteiger partial charge in [-0.2, -0.15) is 0 Å². The van der Waals surface area contributed by atoms with Crippen LogP contribution in [0.3, 0.4) is 0 Å². The molecular formula is C25H36O3Si. The maximum Gasteiger partial charge on any atom is 0.261 e. The van der Waals surface area contributed by atoms with Gasteiger partial charge in [-0.1, -0.05) is 81.4 Å². The number of aliphatic hydroxyl groups excluding tert-OH is 1. The van der Waals surface area contributed by atoms with E-state index >= 15 is 0 Å².